The zero-order chi connectivity index (χ0) is 29.4. The lowest BCUT2D eigenvalue weighted by Gasteiger charge is -2.53. The summed E-state index contributed by atoms with van der Waals surface area (Å²) in [5.41, 5.74) is 0.195. The van der Waals surface area contributed by atoms with Crippen LogP contribution in [0.15, 0.2) is 29.4 Å². The second-order valence-electron chi connectivity index (χ2n) is 13.1. The van der Waals surface area contributed by atoms with Crippen molar-refractivity contribution in [3.05, 3.63) is 34.9 Å². The third kappa shape index (κ3) is 2.91. The predicted molar refractivity (Wildman–Crippen MR) is 146 cm³/mol. The van der Waals surface area contributed by atoms with E-state index in [9.17, 15) is 9.59 Å². The first-order valence-corrected chi connectivity index (χ1v) is 14.7. The van der Waals surface area contributed by atoms with Gasteiger partial charge in [-0.1, -0.05) is 20.8 Å². The summed E-state index contributed by atoms with van der Waals surface area (Å²) in [5, 5.41) is 0. The summed E-state index contributed by atoms with van der Waals surface area (Å²) < 4.78 is 48.1. The van der Waals surface area contributed by atoms with Gasteiger partial charge in [-0.3, -0.25) is 0 Å². The number of benzene rings is 1. The van der Waals surface area contributed by atoms with E-state index in [1.807, 2.05) is 0 Å². The van der Waals surface area contributed by atoms with Crippen LogP contribution in [0.4, 0.5) is 0 Å². The van der Waals surface area contributed by atoms with Gasteiger partial charge in [-0.15, -0.1) is 0 Å². The van der Waals surface area contributed by atoms with Gasteiger partial charge in [0, 0.05) is 17.1 Å². The van der Waals surface area contributed by atoms with Crippen LogP contribution in [0.2, 0.25) is 0 Å². The van der Waals surface area contributed by atoms with Gasteiger partial charge in [-0.2, -0.15) is 0 Å². The number of fused-ring (bicyclic) bond motifs is 4. The van der Waals surface area contributed by atoms with Crippen LogP contribution in [0.25, 0.3) is 6.08 Å². The Bertz CT molecular complexity index is 1450. The van der Waals surface area contributed by atoms with Crippen LogP contribution in [0.1, 0.15) is 45.6 Å². The Morgan fingerprint density at radius 2 is 1.79 bits per heavy atom. The Morgan fingerprint density at radius 1 is 1.05 bits per heavy atom. The van der Waals surface area contributed by atoms with Gasteiger partial charge in [-0.05, 0) is 60.4 Å². The fraction of sp³-hybridized carbons (Fsp3) is 0.625. The van der Waals surface area contributed by atoms with Gasteiger partial charge < -0.3 is 37.9 Å². The normalized spacial score (nSPS) is 43.3. The number of hydrogen-bond acceptors (Lipinski definition) is 10. The first kappa shape index (κ1) is 26.5. The maximum atomic E-state index is 13.5. The highest BCUT2D eigenvalue weighted by Gasteiger charge is 3.01. The summed E-state index contributed by atoms with van der Waals surface area (Å²) in [6.45, 7) is 6.80. The number of hydrogen-bond donors (Lipinski definition) is 0. The van der Waals surface area contributed by atoms with Crippen molar-refractivity contribution in [1.29, 1.82) is 0 Å². The molecule has 9 atom stereocenters. The van der Waals surface area contributed by atoms with Crippen LogP contribution in [0, 0.1) is 17.3 Å². The molecule has 3 saturated heterocycles. The van der Waals surface area contributed by atoms with Crippen molar-refractivity contribution in [3.63, 3.8) is 0 Å². The van der Waals surface area contributed by atoms with Crippen LogP contribution in [-0.4, -0.2) is 81.1 Å². The topological polar surface area (TPSA) is 118 Å². The number of epoxide rings is 3. The van der Waals surface area contributed by atoms with Gasteiger partial charge in [0.25, 0.3) is 0 Å². The van der Waals surface area contributed by atoms with Crippen LogP contribution in [-0.2, 0) is 33.3 Å². The SMILES string of the molecule is COc1cc(/C=C/C(=O)O[C@@H]2[C@@]3(C(C)C)O[C@H]3[C@@H]3O[C@]34[C@]23O[C@H]3C[C@H]2C3=C(CC[C@@]24C)C(=O)OC3)cc(OC)c1OC. The van der Waals surface area contributed by atoms with Crippen molar-refractivity contribution < 1.29 is 47.5 Å². The average molecular weight is 581 g/mol. The quantitative estimate of drug-likeness (QED) is 0.270. The van der Waals surface area contributed by atoms with E-state index in [0.29, 0.717) is 35.8 Å². The summed E-state index contributed by atoms with van der Waals surface area (Å²) in [5.74, 6) is 0.958. The Kier molecular flexibility index (Phi) is 5.24. The molecule has 7 aliphatic rings. The van der Waals surface area contributed by atoms with Crippen molar-refractivity contribution in [3.8, 4) is 17.2 Å². The number of methoxy groups -OCH3 is 3. The first-order valence-electron chi connectivity index (χ1n) is 14.7. The highest BCUT2D eigenvalue weighted by atomic mass is 16.8. The molecule has 2 saturated carbocycles. The summed E-state index contributed by atoms with van der Waals surface area (Å²) in [6.07, 6.45) is 4.14. The van der Waals surface area contributed by atoms with Crippen molar-refractivity contribution >= 4 is 18.0 Å². The lowest BCUT2D eigenvalue weighted by Crippen LogP contribution is -2.70. The van der Waals surface area contributed by atoms with E-state index in [1.54, 1.807) is 39.5 Å². The predicted octanol–water partition coefficient (Wildman–Crippen LogP) is 3.39. The summed E-state index contributed by atoms with van der Waals surface area (Å²) in [4.78, 5) is 26.0. The molecule has 0 bridgehead atoms. The molecule has 8 rings (SSSR count). The number of ether oxygens (including phenoxy) is 8. The van der Waals surface area contributed by atoms with Gasteiger partial charge >= 0.3 is 11.9 Å². The van der Waals surface area contributed by atoms with Crippen LogP contribution < -0.4 is 14.2 Å². The average Bonchev–Trinajstić information content (AvgIpc) is 3.89. The van der Waals surface area contributed by atoms with E-state index in [-0.39, 0.29) is 41.5 Å². The van der Waals surface area contributed by atoms with E-state index in [0.717, 1.165) is 24.0 Å². The fourth-order valence-corrected chi connectivity index (χ4v) is 9.36. The molecule has 0 amide bonds. The molecule has 224 valence electrons. The third-order valence-electron chi connectivity index (χ3n) is 11.4. The Hall–Kier alpha value is -3.08. The van der Waals surface area contributed by atoms with Crippen molar-refractivity contribution in [2.75, 3.05) is 27.9 Å². The molecule has 0 aromatic heterocycles. The van der Waals surface area contributed by atoms with Crippen molar-refractivity contribution in [2.45, 2.75) is 81.3 Å². The van der Waals surface area contributed by atoms with Crippen LogP contribution >= 0.6 is 0 Å². The Labute approximate surface area is 244 Å². The van der Waals surface area contributed by atoms with Gasteiger partial charge in [0.05, 0.1) is 27.4 Å². The van der Waals surface area contributed by atoms with Crippen LogP contribution in [0.3, 0.4) is 0 Å². The first-order chi connectivity index (χ1) is 20.1. The van der Waals surface area contributed by atoms with Gasteiger partial charge in [0.1, 0.15) is 30.0 Å². The highest BCUT2D eigenvalue weighted by molar-refractivity contribution is 5.92. The van der Waals surface area contributed by atoms with Crippen molar-refractivity contribution in [2.24, 2.45) is 17.3 Å². The molecule has 42 heavy (non-hydrogen) atoms. The molecule has 5 fully saturated rings. The van der Waals surface area contributed by atoms with Crippen molar-refractivity contribution in [1.82, 2.24) is 0 Å². The van der Waals surface area contributed by atoms with E-state index < -0.39 is 28.9 Å². The zero-order valence-electron chi connectivity index (χ0n) is 24.7. The van der Waals surface area contributed by atoms with E-state index in [4.69, 9.17) is 37.9 Å². The smallest absolute Gasteiger partial charge is 0.334 e. The molecule has 10 nitrogen and oxygen atoms in total. The second-order valence-corrected chi connectivity index (χ2v) is 13.1. The molecule has 0 radical (unpaired) electrons. The maximum absolute atomic E-state index is 13.5. The van der Waals surface area contributed by atoms with Gasteiger partial charge in [-0.25, -0.2) is 9.59 Å². The highest BCUT2D eigenvalue weighted by Crippen LogP contribution is 2.83. The van der Waals surface area contributed by atoms with E-state index in [2.05, 4.69) is 20.8 Å². The number of rotatable bonds is 7. The number of carbonyl (C=O) groups is 2. The summed E-state index contributed by atoms with van der Waals surface area (Å²) >= 11 is 0. The molecular weight excluding hydrogens is 544 g/mol. The molecule has 0 unspecified atom stereocenters. The molecule has 4 heterocycles. The van der Waals surface area contributed by atoms with E-state index >= 15 is 0 Å². The lowest BCUT2D eigenvalue weighted by molar-refractivity contribution is -0.163. The lowest BCUT2D eigenvalue weighted by atomic mass is 9.46. The van der Waals surface area contributed by atoms with Gasteiger partial charge in [0.15, 0.2) is 23.2 Å². The summed E-state index contributed by atoms with van der Waals surface area (Å²) in [6, 6.07) is 3.53. The summed E-state index contributed by atoms with van der Waals surface area (Å²) in [7, 11) is 4.63. The largest absolute Gasteiger partial charge is 0.493 e. The monoisotopic (exact) mass is 580 g/mol. The minimum Gasteiger partial charge on any atom is -0.493 e. The number of esters is 2. The standard InChI is InChI=1S/C32H36O10/c1-15(2)30-25(41-30)26-32(42-26)29(3)10-9-17-18(14-38-27(17)34)19(29)13-22-31(32,40-22)28(30)39-23(33)8-7-16-11-20(35-4)24(37-6)21(12-16)36-5/h7-8,11-12,15,19,22,25-26,28H,9-10,13-14H2,1-6H3/b8-7+/t19-,22-,25-,26-,28+,29-,30-,31+,32+/m0/s1. The minimum atomic E-state index is -0.794. The number of cyclic esters (lactones) is 1. The maximum Gasteiger partial charge on any atom is 0.334 e. The minimum absolute atomic E-state index is 0.0767. The molecule has 3 aliphatic carbocycles. The van der Waals surface area contributed by atoms with Crippen LogP contribution in [0.5, 0.6) is 17.2 Å². The molecule has 0 N–H and O–H groups in total. The third-order valence-corrected chi connectivity index (χ3v) is 11.4. The second kappa shape index (κ2) is 8.30. The Morgan fingerprint density at radius 3 is 2.45 bits per heavy atom. The Balaban J connectivity index is 1.13. The molecule has 1 aromatic rings. The zero-order valence-corrected chi connectivity index (χ0v) is 24.7. The molecule has 2 spiro atoms. The van der Waals surface area contributed by atoms with Gasteiger partial charge in [0.2, 0.25) is 5.75 Å². The molecule has 10 heteroatoms. The molecule has 4 aliphatic heterocycles. The fourth-order valence-electron chi connectivity index (χ4n) is 9.36. The van der Waals surface area contributed by atoms with E-state index in [1.165, 1.54) is 6.08 Å². The molecular formula is C32H36O10. The number of carbonyl (C=O) groups excluding carboxylic acids is 2. The molecule has 1 aromatic carbocycles.